The van der Waals surface area contributed by atoms with Crippen molar-refractivity contribution in [2.24, 2.45) is 34.5 Å². The summed E-state index contributed by atoms with van der Waals surface area (Å²) in [6.45, 7) is 23.8. The van der Waals surface area contributed by atoms with Crippen LogP contribution >= 0.6 is 0 Å². The summed E-state index contributed by atoms with van der Waals surface area (Å²) < 4.78 is 11.7. The van der Waals surface area contributed by atoms with Crippen LogP contribution in [-0.4, -0.2) is 36.7 Å². The molecule has 0 radical (unpaired) electrons. The number of rotatable bonds is 18. The molecule has 0 aromatic rings. The predicted octanol–water partition coefficient (Wildman–Crippen LogP) is 5.34. The molecule has 4 atom stereocenters. The Hall–Kier alpha value is -0.917. The fourth-order valence-corrected chi connectivity index (χ4v) is 5.35. The quantitative estimate of drug-likeness (QED) is 0.142. The first-order valence-corrected chi connectivity index (χ1v) is 17.3. The summed E-state index contributed by atoms with van der Waals surface area (Å²) in [7, 11) is 0. The Balaban J connectivity index is -0.000000564. The number of carbonyl (C=O) groups excluding carboxylic acids is 4. The van der Waals surface area contributed by atoms with Gasteiger partial charge in [-0.05, 0) is 0 Å². The normalized spacial score (nSPS) is 14.1. The molecular formula is C32H60O8Zr. The Morgan fingerprint density at radius 2 is 0.927 bits per heavy atom. The minimum absolute atomic E-state index is 0.294. The zero-order valence-corrected chi connectivity index (χ0v) is 30.6. The summed E-state index contributed by atoms with van der Waals surface area (Å²) in [6, 6.07) is 0. The molecule has 9 heteroatoms. The maximum absolute atomic E-state index is 11.2. The summed E-state index contributed by atoms with van der Waals surface area (Å²) in [5, 5.41) is 20.5. The Labute approximate surface area is 263 Å². The predicted molar refractivity (Wildman–Crippen MR) is 156 cm³/mol. The average molecular weight is 664 g/mol. The van der Waals surface area contributed by atoms with E-state index in [1.54, 1.807) is 41.5 Å². The first kappa shape index (κ1) is 44.5. The summed E-state index contributed by atoms with van der Waals surface area (Å²) in [5.74, 6) is -3.69. The molecule has 0 saturated heterocycles. The van der Waals surface area contributed by atoms with E-state index >= 15 is 0 Å². The summed E-state index contributed by atoms with van der Waals surface area (Å²) in [6.07, 6.45) is 10.4. The van der Waals surface area contributed by atoms with Crippen LogP contribution in [-0.2, 0) is 48.9 Å². The van der Waals surface area contributed by atoms with Crippen molar-refractivity contribution in [3.63, 3.8) is 0 Å². The molecule has 41 heavy (non-hydrogen) atoms. The van der Waals surface area contributed by atoms with E-state index < -0.39 is 58.7 Å². The second-order valence-corrected chi connectivity index (χ2v) is 14.7. The van der Waals surface area contributed by atoms with Gasteiger partial charge in [0.15, 0.2) is 0 Å². The van der Waals surface area contributed by atoms with Gasteiger partial charge in [-0.25, -0.2) is 0 Å². The number of carboxylic acids is 2. The van der Waals surface area contributed by atoms with Gasteiger partial charge in [0.2, 0.25) is 0 Å². The number of aliphatic carboxylic acids is 2. The Morgan fingerprint density at radius 1 is 0.634 bits per heavy atom. The molecule has 0 heterocycles. The van der Waals surface area contributed by atoms with Gasteiger partial charge >= 0.3 is 134 Å². The molecule has 0 saturated carbocycles. The fraction of sp³-hybridized carbons (Fsp3) is 0.875. The number of hydrogen-bond donors (Lipinski definition) is 0. The SMILES string of the molecule is CC(C(=O)[O-])C(=O)C(C)(C)C.CC(C(=O)[O-])C(=O)C(C)(C)C.CCCCC(CC)C[O][Zr+2][O]CC(CC)CCCC. The van der Waals surface area contributed by atoms with E-state index in [1.165, 1.54) is 65.2 Å². The molecule has 0 bridgehead atoms. The van der Waals surface area contributed by atoms with Crippen LogP contribution in [0.1, 0.15) is 134 Å². The van der Waals surface area contributed by atoms with Crippen LogP contribution in [0.4, 0.5) is 0 Å². The van der Waals surface area contributed by atoms with E-state index in [4.69, 9.17) is 5.63 Å². The second kappa shape index (κ2) is 24.5. The minimum atomic E-state index is -1.30. The van der Waals surface area contributed by atoms with E-state index in [0.717, 1.165) is 25.0 Å². The van der Waals surface area contributed by atoms with Crippen LogP contribution in [0.3, 0.4) is 0 Å². The molecule has 0 aromatic carbocycles. The number of hydrogen-bond acceptors (Lipinski definition) is 8. The van der Waals surface area contributed by atoms with Gasteiger partial charge in [-0.3, -0.25) is 9.59 Å². The molecule has 0 aromatic heterocycles. The molecule has 0 N–H and O–H groups in total. The zero-order valence-electron chi connectivity index (χ0n) is 28.1. The molecule has 0 rings (SSSR count). The number of Topliss-reactive ketones (excluding diaryl/α,β-unsaturated/α-hetero) is 2. The van der Waals surface area contributed by atoms with Crippen LogP contribution in [0.5, 0.6) is 0 Å². The first-order valence-electron chi connectivity index (χ1n) is 15.3. The van der Waals surface area contributed by atoms with Gasteiger partial charge < -0.3 is 19.8 Å². The number of ketones is 2. The van der Waals surface area contributed by atoms with Gasteiger partial charge in [0.05, 0.1) is 23.8 Å². The first-order chi connectivity index (χ1) is 18.8. The van der Waals surface area contributed by atoms with Gasteiger partial charge in [0.1, 0.15) is 11.6 Å². The topological polar surface area (TPSA) is 133 Å². The molecular weight excluding hydrogens is 604 g/mol. The van der Waals surface area contributed by atoms with Crippen molar-refractivity contribution in [1.82, 2.24) is 0 Å². The van der Waals surface area contributed by atoms with Crippen molar-refractivity contribution in [1.29, 1.82) is 0 Å². The monoisotopic (exact) mass is 662 g/mol. The number of carbonyl (C=O) groups is 4. The van der Waals surface area contributed by atoms with Crippen LogP contribution in [0, 0.1) is 34.5 Å². The average Bonchev–Trinajstić information content (AvgIpc) is 2.89. The van der Waals surface area contributed by atoms with Gasteiger partial charge in [-0.15, -0.1) is 0 Å². The third-order valence-corrected chi connectivity index (χ3v) is 8.21. The van der Waals surface area contributed by atoms with E-state index in [2.05, 4.69) is 27.7 Å². The van der Waals surface area contributed by atoms with Gasteiger partial charge in [-0.2, -0.15) is 0 Å². The van der Waals surface area contributed by atoms with Crippen LogP contribution in [0.2, 0.25) is 0 Å². The van der Waals surface area contributed by atoms with Crippen molar-refractivity contribution >= 4 is 23.5 Å². The molecule has 0 spiro atoms. The Bertz CT molecular complexity index is 664. The maximum atomic E-state index is 11.2. The van der Waals surface area contributed by atoms with Crippen molar-refractivity contribution < 1.29 is 59.1 Å². The van der Waals surface area contributed by atoms with Crippen LogP contribution < -0.4 is 10.2 Å². The molecule has 0 aliphatic carbocycles. The molecule has 0 aliphatic heterocycles. The second-order valence-electron chi connectivity index (χ2n) is 12.8. The van der Waals surface area contributed by atoms with E-state index in [1.807, 2.05) is 0 Å². The number of carboxylic acid groups (broad SMARTS) is 2. The van der Waals surface area contributed by atoms with E-state index in [9.17, 15) is 29.4 Å². The molecule has 0 fully saturated rings. The zero-order chi connectivity index (χ0) is 32.8. The summed E-state index contributed by atoms with van der Waals surface area (Å²) >= 11 is -1.01. The van der Waals surface area contributed by atoms with Gasteiger partial charge in [-0.1, -0.05) is 55.4 Å². The van der Waals surface area contributed by atoms with E-state index in [-0.39, 0.29) is 11.6 Å². The number of unbranched alkanes of at least 4 members (excludes halogenated alkanes) is 2. The standard InChI is InChI=1S/2C8H14O3.2C8H17O.Zr/c2*1-5(7(10)11)6(9)8(2,3)4;2*1-3-5-6-8(4-2)7-9;/h2*5H,1-4H3,(H,10,11);2*8H,3-7H2,1-2H3;/q;;2*-1;+4/p-2. The molecule has 8 nitrogen and oxygen atoms in total. The Morgan fingerprint density at radius 3 is 1.10 bits per heavy atom. The molecule has 4 unspecified atom stereocenters. The van der Waals surface area contributed by atoms with Gasteiger partial charge in [0.25, 0.3) is 0 Å². The third-order valence-electron chi connectivity index (χ3n) is 6.81. The van der Waals surface area contributed by atoms with Crippen molar-refractivity contribution in [3.05, 3.63) is 0 Å². The molecule has 0 amide bonds. The third kappa shape index (κ3) is 24.2. The summed E-state index contributed by atoms with van der Waals surface area (Å²) in [4.78, 5) is 42.9. The van der Waals surface area contributed by atoms with E-state index in [0.29, 0.717) is 0 Å². The van der Waals surface area contributed by atoms with Crippen molar-refractivity contribution in [2.75, 3.05) is 13.2 Å². The summed E-state index contributed by atoms with van der Waals surface area (Å²) in [5.41, 5.74) is -1.20. The van der Waals surface area contributed by atoms with Crippen molar-refractivity contribution in [3.8, 4) is 0 Å². The molecule has 240 valence electrons. The molecule has 0 aliphatic rings. The van der Waals surface area contributed by atoms with Gasteiger partial charge in [0, 0.05) is 10.8 Å². The fourth-order valence-electron chi connectivity index (χ4n) is 3.65. The van der Waals surface area contributed by atoms with Crippen LogP contribution in [0.15, 0.2) is 0 Å². The Kier molecular flexibility index (Phi) is 26.6. The van der Waals surface area contributed by atoms with Crippen molar-refractivity contribution in [2.45, 2.75) is 134 Å². The van der Waals surface area contributed by atoms with Crippen LogP contribution in [0.25, 0.3) is 0 Å².